The van der Waals surface area contributed by atoms with Crippen LogP contribution in [0.15, 0.2) is 137 Å². The molecule has 47 heavy (non-hydrogen) atoms. The van der Waals surface area contributed by atoms with Crippen molar-refractivity contribution in [2.24, 2.45) is 0 Å². The molecule has 0 radical (unpaired) electrons. The Morgan fingerprint density at radius 3 is 1.66 bits per heavy atom. The maximum Gasteiger partial charge on any atom is 0.330 e. The van der Waals surface area contributed by atoms with Crippen molar-refractivity contribution in [1.29, 1.82) is 0 Å². The van der Waals surface area contributed by atoms with Gasteiger partial charge in [-0.2, -0.15) is 0 Å². The number of benzene rings is 4. The molecule has 0 bridgehead atoms. The molecule has 238 valence electrons. The fourth-order valence-corrected chi connectivity index (χ4v) is 5.92. The van der Waals surface area contributed by atoms with Gasteiger partial charge in [0.2, 0.25) is 0 Å². The van der Waals surface area contributed by atoms with Gasteiger partial charge in [0.15, 0.2) is 0 Å². The van der Waals surface area contributed by atoms with Gasteiger partial charge in [0, 0.05) is 18.2 Å². The van der Waals surface area contributed by atoms with Gasteiger partial charge in [0.1, 0.15) is 36.9 Å². The zero-order valence-electron chi connectivity index (χ0n) is 25.7. The van der Waals surface area contributed by atoms with E-state index in [0.717, 1.165) is 22.3 Å². The molecular weight excluding hydrogens is 596 g/mol. The number of esters is 2. The van der Waals surface area contributed by atoms with Gasteiger partial charge in [-0.3, -0.25) is 23.9 Å². The van der Waals surface area contributed by atoms with E-state index in [2.05, 4.69) is 4.98 Å². The summed E-state index contributed by atoms with van der Waals surface area (Å²) in [5.74, 6) is -2.42. The van der Waals surface area contributed by atoms with Gasteiger partial charge in [-0.25, -0.2) is 4.79 Å². The zero-order valence-corrected chi connectivity index (χ0v) is 25.7. The van der Waals surface area contributed by atoms with Crippen LogP contribution in [-0.4, -0.2) is 40.3 Å². The van der Waals surface area contributed by atoms with Crippen LogP contribution in [0.4, 0.5) is 0 Å². The standard InChI is InChI=1S/C38H34N2O7/c1-25-23-40(38(44)39-35(25)41)32-22-30(47-37(43)34(28-18-10-4-11-19-28)29-20-12-5-13-21-29)31(46-32)24-45-36(42)33(26-14-6-2-7-15-26)27-16-8-3-9-17-27/h2-21,23,30-34H,22,24H2,1H3,(H,39,41,44)/t30-,31+,32+/m0/s1. The Morgan fingerprint density at radius 2 is 1.19 bits per heavy atom. The first-order valence-corrected chi connectivity index (χ1v) is 15.4. The molecule has 0 saturated carbocycles. The number of carbonyl (C=O) groups excluding carboxylic acids is 2. The minimum Gasteiger partial charge on any atom is -0.462 e. The molecule has 2 heterocycles. The number of aromatic nitrogens is 2. The molecule has 3 atom stereocenters. The van der Waals surface area contributed by atoms with Crippen LogP contribution in [0.2, 0.25) is 0 Å². The van der Waals surface area contributed by atoms with Crippen LogP contribution in [-0.2, 0) is 23.8 Å². The van der Waals surface area contributed by atoms with Crippen molar-refractivity contribution < 1.29 is 23.8 Å². The molecule has 1 aliphatic heterocycles. The fourth-order valence-electron chi connectivity index (χ4n) is 5.92. The van der Waals surface area contributed by atoms with Crippen molar-refractivity contribution in [2.45, 2.75) is 43.6 Å². The van der Waals surface area contributed by atoms with E-state index in [-0.39, 0.29) is 13.0 Å². The zero-order chi connectivity index (χ0) is 32.8. The van der Waals surface area contributed by atoms with Crippen LogP contribution < -0.4 is 11.2 Å². The summed E-state index contributed by atoms with van der Waals surface area (Å²) >= 11 is 0. The molecule has 0 spiro atoms. The molecule has 1 saturated heterocycles. The number of carbonyl (C=O) groups is 2. The Morgan fingerprint density at radius 1 is 0.745 bits per heavy atom. The predicted molar refractivity (Wildman–Crippen MR) is 175 cm³/mol. The molecule has 1 fully saturated rings. The largest absolute Gasteiger partial charge is 0.462 e. The predicted octanol–water partition coefficient (Wildman–Crippen LogP) is 5.25. The molecule has 4 aromatic carbocycles. The van der Waals surface area contributed by atoms with Crippen LogP contribution in [0, 0.1) is 6.92 Å². The van der Waals surface area contributed by atoms with E-state index >= 15 is 0 Å². The topological polar surface area (TPSA) is 117 Å². The molecule has 0 aliphatic carbocycles. The number of hydrogen-bond donors (Lipinski definition) is 1. The summed E-state index contributed by atoms with van der Waals surface area (Å²) in [5.41, 5.74) is 2.19. The van der Waals surface area contributed by atoms with Crippen LogP contribution >= 0.6 is 0 Å². The Balaban J connectivity index is 1.28. The lowest BCUT2D eigenvalue weighted by Crippen LogP contribution is -2.34. The molecular formula is C38H34N2O7. The third-order valence-electron chi connectivity index (χ3n) is 8.30. The number of aromatic amines is 1. The van der Waals surface area contributed by atoms with Crippen molar-refractivity contribution in [3.8, 4) is 0 Å². The monoisotopic (exact) mass is 630 g/mol. The highest BCUT2D eigenvalue weighted by Crippen LogP contribution is 2.34. The molecule has 6 rings (SSSR count). The van der Waals surface area contributed by atoms with E-state index in [1.807, 2.05) is 121 Å². The third-order valence-corrected chi connectivity index (χ3v) is 8.30. The molecule has 0 unspecified atom stereocenters. The Kier molecular flexibility index (Phi) is 9.54. The number of aryl methyl sites for hydroxylation is 1. The normalized spacial score (nSPS) is 17.5. The van der Waals surface area contributed by atoms with Crippen molar-refractivity contribution in [3.05, 3.63) is 176 Å². The lowest BCUT2D eigenvalue weighted by atomic mass is 9.91. The minimum atomic E-state index is -0.897. The highest BCUT2D eigenvalue weighted by atomic mass is 16.6. The smallest absolute Gasteiger partial charge is 0.330 e. The SMILES string of the molecule is Cc1cn([C@H]2C[C@H](OC(=O)C(c3ccccc3)c3ccccc3)[C@@H](COC(=O)C(c3ccccc3)c3ccccc3)O2)c(=O)[nH]c1=O. The highest BCUT2D eigenvalue weighted by Gasteiger charge is 2.42. The van der Waals surface area contributed by atoms with Crippen LogP contribution in [0.1, 0.15) is 52.3 Å². The Hall–Kier alpha value is -5.54. The second kappa shape index (κ2) is 14.3. The molecule has 5 aromatic rings. The number of ether oxygens (including phenoxy) is 3. The Bertz CT molecular complexity index is 1850. The van der Waals surface area contributed by atoms with Crippen molar-refractivity contribution >= 4 is 11.9 Å². The second-order valence-electron chi connectivity index (χ2n) is 11.5. The van der Waals surface area contributed by atoms with E-state index in [1.54, 1.807) is 6.92 Å². The third kappa shape index (κ3) is 7.15. The summed E-state index contributed by atoms with van der Waals surface area (Å²) in [6, 6.07) is 37.3. The number of rotatable bonds is 10. The maximum absolute atomic E-state index is 14.0. The second-order valence-corrected chi connectivity index (χ2v) is 11.5. The highest BCUT2D eigenvalue weighted by molar-refractivity contribution is 5.83. The summed E-state index contributed by atoms with van der Waals surface area (Å²) in [5, 5.41) is 0. The quantitative estimate of drug-likeness (QED) is 0.210. The lowest BCUT2D eigenvalue weighted by Gasteiger charge is -2.24. The summed E-state index contributed by atoms with van der Waals surface area (Å²) in [7, 11) is 0. The van der Waals surface area contributed by atoms with Crippen LogP contribution in [0.3, 0.4) is 0 Å². The van der Waals surface area contributed by atoms with Crippen LogP contribution in [0.25, 0.3) is 0 Å². The number of hydrogen-bond acceptors (Lipinski definition) is 7. The maximum atomic E-state index is 14.0. The molecule has 0 amide bonds. The number of nitrogens with zero attached hydrogens (tertiary/aromatic N) is 1. The first-order valence-electron chi connectivity index (χ1n) is 15.4. The number of H-pyrrole nitrogens is 1. The average Bonchev–Trinajstić information content (AvgIpc) is 3.49. The summed E-state index contributed by atoms with van der Waals surface area (Å²) in [6.45, 7) is 1.35. The molecule has 1 aliphatic rings. The van der Waals surface area contributed by atoms with Gasteiger partial charge in [-0.1, -0.05) is 121 Å². The molecule has 1 N–H and O–H groups in total. The summed E-state index contributed by atoms with van der Waals surface area (Å²) in [6.07, 6.45) is -1.15. The molecule has 9 heteroatoms. The Labute approximate surface area is 271 Å². The van der Waals surface area contributed by atoms with Crippen molar-refractivity contribution in [3.63, 3.8) is 0 Å². The van der Waals surface area contributed by atoms with Gasteiger partial charge in [-0.15, -0.1) is 0 Å². The van der Waals surface area contributed by atoms with Crippen molar-refractivity contribution in [2.75, 3.05) is 6.61 Å². The molecule has 1 aromatic heterocycles. The van der Waals surface area contributed by atoms with Gasteiger partial charge >= 0.3 is 17.6 Å². The van der Waals surface area contributed by atoms with Crippen LogP contribution in [0.5, 0.6) is 0 Å². The lowest BCUT2D eigenvalue weighted by molar-refractivity contribution is -0.159. The van der Waals surface area contributed by atoms with E-state index in [4.69, 9.17) is 14.2 Å². The first-order chi connectivity index (χ1) is 22.9. The van der Waals surface area contributed by atoms with E-state index in [1.165, 1.54) is 10.8 Å². The number of nitrogens with one attached hydrogen (secondary N) is 1. The van der Waals surface area contributed by atoms with E-state index < -0.39 is 53.5 Å². The van der Waals surface area contributed by atoms with E-state index in [0.29, 0.717) is 5.56 Å². The average molecular weight is 631 g/mol. The minimum absolute atomic E-state index is 0.0937. The van der Waals surface area contributed by atoms with Gasteiger partial charge in [0.05, 0.1) is 0 Å². The summed E-state index contributed by atoms with van der Waals surface area (Å²) in [4.78, 5) is 54.8. The van der Waals surface area contributed by atoms with Crippen molar-refractivity contribution in [1.82, 2.24) is 9.55 Å². The van der Waals surface area contributed by atoms with Gasteiger partial charge < -0.3 is 14.2 Å². The van der Waals surface area contributed by atoms with E-state index in [9.17, 15) is 19.2 Å². The van der Waals surface area contributed by atoms with Gasteiger partial charge in [0.25, 0.3) is 5.56 Å². The summed E-state index contributed by atoms with van der Waals surface area (Å²) < 4.78 is 19.6. The first kappa shape index (κ1) is 31.4. The molecule has 9 nitrogen and oxygen atoms in total. The fraction of sp³-hybridized carbons (Fsp3) is 0.211. The van der Waals surface area contributed by atoms with Gasteiger partial charge in [-0.05, 0) is 29.2 Å².